The first-order chi connectivity index (χ1) is 17.4. The molecule has 2 aromatic carbocycles. The molecule has 0 saturated carbocycles. The SMILES string of the molecule is CCNC(=O)Nc1ccc(-c2cc(-c3ccccc3CNS(=O)O)nc(N3CCOCC3C)n2)cc1. The van der Waals surface area contributed by atoms with Crippen molar-refractivity contribution < 1.29 is 18.3 Å². The molecule has 1 aliphatic rings. The Morgan fingerprint density at radius 3 is 2.64 bits per heavy atom. The Labute approximate surface area is 212 Å². The van der Waals surface area contributed by atoms with E-state index in [9.17, 15) is 13.6 Å². The lowest BCUT2D eigenvalue weighted by Gasteiger charge is -2.33. The molecule has 2 heterocycles. The van der Waals surface area contributed by atoms with E-state index in [1.165, 1.54) is 0 Å². The van der Waals surface area contributed by atoms with Crippen molar-refractivity contribution in [1.82, 2.24) is 20.0 Å². The molecule has 4 N–H and O–H groups in total. The number of aromatic nitrogens is 2. The minimum atomic E-state index is -2.13. The highest BCUT2D eigenvalue weighted by Gasteiger charge is 2.23. The standard InChI is InChI=1S/C25H30N6O4S/c1-3-26-25(32)28-20-10-8-18(9-11-20)22-14-23(21-7-5-4-6-19(21)15-27-36(33)34)30-24(29-22)31-12-13-35-16-17(31)2/h4-11,14,17,27H,3,12-13,15-16H2,1-2H3,(H,33,34)(H2,26,28,32). The number of nitrogens with zero attached hydrogens (tertiary/aromatic N) is 3. The lowest BCUT2D eigenvalue weighted by molar-refractivity contribution is 0.0981. The van der Waals surface area contributed by atoms with Crippen LogP contribution in [0.15, 0.2) is 54.6 Å². The van der Waals surface area contributed by atoms with Gasteiger partial charge in [-0.3, -0.25) is 4.55 Å². The van der Waals surface area contributed by atoms with Crippen LogP contribution in [0.2, 0.25) is 0 Å². The van der Waals surface area contributed by atoms with Gasteiger partial charge in [-0.05, 0) is 37.6 Å². The van der Waals surface area contributed by atoms with Crippen LogP contribution in [-0.2, 0) is 22.5 Å². The summed E-state index contributed by atoms with van der Waals surface area (Å²) in [5, 5.41) is 5.51. The first kappa shape index (κ1) is 25.7. The van der Waals surface area contributed by atoms with Crippen molar-refractivity contribution in [3.05, 3.63) is 60.2 Å². The summed E-state index contributed by atoms with van der Waals surface area (Å²) in [4.78, 5) is 23.8. The number of carbonyl (C=O) groups excluding carboxylic acids is 1. The predicted molar refractivity (Wildman–Crippen MR) is 141 cm³/mol. The van der Waals surface area contributed by atoms with Gasteiger partial charge >= 0.3 is 6.03 Å². The molecular weight excluding hydrogens is 480 g/mol. The molecule has 0 aliphatic carbocycles. The number of nitrogens with one attached hydrogen (secondary N) is 3. The highest BCUT2D eigenvalue weighted by molar-refractivity contribution is 7.77. The lowest BCUT2D eigenvalue weighted by Crippen LogP contribution is -2.44. The molecule has 2 amide bonds. The van der Waals surface area contributed by atoms with Crippen molar-refractivity contribution in [3.63, 3.8) is 0 Å². The van der Waals surface area contributed by atoms with Gasteiger partial charge in [-0.1, -0.05) is 36.4 Å². The maximum absolute atomic E-state index is 11.8. The molecule has 1 aliphatic heterocycles. The van der Waals surface area contributed by atoms with Gasteiger partial charge in [-0.15, -0.1) is 0 Å². The molecular formula is C25H30N6O4S. The van der Waals surface area contributed by atoms with Gasteiger partial charge in [0.25, 0.3) is 0 Å². The van der Waals surface area contributed by atoms with Crippen LogP contribution in [-0.4, -0.2) is 57.1 Å². The smallest absolute Gasteiger partial charge is 0.319 e. The zero-order valence-corrected chi connectivity index (χ0v) is 21.0. The van der Waals surface area contributed by atoms with E-state index in [1.54, 1.807) is 0 Å². The molecule has 4 rings (SSSR count). The van der Waals surface area contributed by atoms with Gasteiger partial charge < -0.3 is 20.3 Å². The molecule has 1 fully saturated rings. The van der Waals surface area contributed by atoms with E-state index in [4.69, 9.17) is 14.7 Å². The minimum absolute atomic E-state index is 0.110. The monoisotopic (exact) mass is 510 g/mol. The molecule has 2 unspecified atom stereocenters. The molecule has 36 heavy (non-hydrogen) atoms. The molecule has 3 aromatic rings. The highest BCUT2D eigenvalue weighted by atomic mass is 32.2. The average molecular weight is 511 g/mol. The third-order valence-electron chi connectivity index (χ3n) is 5.79. The number of carbonyl (C=O) groups is 1. The summed E-state index contributed by atoms with van der Waals surface area (Å²) < 4.78 is 28.6. The predicted octanol–water partition coefficient (Wildman–Crippen LogP) is 3.40. The van der Waals surface area contributed by atoms with Gasteiger partial charge in [0.1, 0.15) is 0 Å². The number of hydrogen-bond acceptors (Lipinski definition) is 6. The van der Waals surface area contributed by atoms with Gasteiger partial charge in [0.15, 0.2) is 0 Å². The van der Waals surface area contributed by atoms with Gasteiger partial charge in [-0.25, -0.2) is 23.7 Å². The number of anilines is 2. The third kappa shape index (κ3) is 6.43. The van der Waals surface area contributed by atoms with Crippen molar-refractivity contribution in [2.24, 2.45) is 0 Å². The maximum Gasteiger partial charge on any atom is 0.319 e. The molecule has 0 radical (unpaired) electrons. The van der Waals surface area contributed by atoms with Crippen LogP contribution in [0.5, 0.6) is 0 Å². The topological polar surface area (TPSA) is 129 Å². The van der Waals surface area contributed by atoms with Crippen LogP contribution in [0.4, 0.5) is 16.4 Å². The summed E-state index contributed by atoms with van der Waals surface area (Å²) in [6, 6.07) is 16.9. The van der Waals surface area contributed by atoms with E-state index in [1.807, 2.05) is 61.5 Å². The summed E-state index contributed by atoms with van der Waals surface area (Å²) in [6.45, 7) is 6.54. The van der Waals surface area contributed by atoms with Crippen molar-refractivity contribution in [2.75, 3.05) is 36.5 Å². The number of morpholine rings is 1. The first-order valence-corrected chi connectivity index (χ1v) is 12.9. The van der Waals surface area contributed by atoms with E-state index in [0.717, 1.165) is 22.4 Å². The Bertz CT molecular complexity index is 1220. The van der Waals surface area contributed by atoms with Gasteiger partial charge in [0, 0.05) is 36.4 Å². The molecule has 11 heteroatoms. The highest BCUT2D eigenvalue weighted by Crippen LogP contribution is 2.30. The fourth-order valence-electron chi connectivity index (χ4n) is 4.00. The lowest BCUT2D eigenvalue weighted by atomic mass is 10.0. The van der Waals surface area contributed by atoms with E-state index >= 15 is 0 Å². The van der Waals surface area contributed by atoms with Crippen LogP contribution in [0.1, 0.15) is 19.4 Å². The summed E-state index contributed by atoms with van der Waals surface area (Å²) in [7, 11) is 0. The fourth-order valence-corrected chi connectivity index (χ4v) is 4.28. The van der Waals surface area contributed by atoms with Crippen molar-refractivity contribution in [2.45, 2.75) is 26.4 Å². The minimum Gasteiger partial charge on any atom is -0.377 e. The number of amides is 2. The number of rotatable bonds is 8. The second-order valence-electron chi connectivity index (χ2n) is 8.34. The molecule has 0 bridgehead atoms. The molecule has 1 aromatic heterocycles. The number of hydrogen-bond donors (Lipinski definition) is 4. The van der Waals surface area contributed by atoms with Crippen molar-refractivity contribution >= 4 is 28.9 Å². The third-order valence-corrected chi connectivity index (χ3v) is 6.19. The van der Waals surface area contributed by atoms with E-state index < -0.39 is 11.3 Å². The average Bonchev–Trinajstić information content (AvgIpc) is 2.88. The first-order valence-electron chi connectivity index (χ1n) is 11.8. The Balaban J connectivity index is 1.74. The summed E-state index contributed by atoms with van der Waals surface area (Å²) in [5.41, 5.74) is 4.66. The molecule has 10 nitrogen and oxygen atoms in total. The van der Waals surface area contributed by atoms with E-state index in [-0.39, 0.29) is 18.6 Å². The summed E-state index contributed by atoms with van der Waals surface area (Å²) in [6.07, 6.45) is 0. The Hall–Kier alpha value is -3.38. The Morgan fingerprint density at radius 2 is 1.92 bits per heavy atom. The van der Waals surface area contributed by atoms with Crippen molar-refractivity contribution in [3.8, 4) is 22.5 Å². The zero-order chi connectivity index (χ0) is 25.5. The normalized spacial score (nSPS) is 16.4. The van der Waals surface area contributed by atoms with E-state index in [2.05, 4.69) is 27.2 Å². The largest absolute Gasteiger partial charge is 0.377 e. The molecule has 2 atom stereocenters. The number of benzene rings is 2. The number of urea groups is 1. The van der Waals surface area contributed by atoms with Crippen molar-refractivity contribution in [1.29, 1.82) is 0 Å². The van der Waals surface area contributed by atoms with Crippen LogP contribution >= 0.6 is 0 Å². The molecule has 0 spiro atoms. The van der Waals surface area contributed by atoms with Gasteiger partial charge in [0.2, 0.25) is 17.2 Å². The van der Waals surface area contributed by atoms with Crippen LogP contribution in [0, 0.1) is 0 Å². The summed E-state index contributed by atoms with van der Waals surface area (Å²) in [5.74, 6) is 0.594. The van der Waals surface area contributed by atoms with Gasteiger partial charge in [0.05, 0.1) is 30.6 Å². The Kier molecular flexibility index (Phi) is 8.60. The van der Waals surface area contributed by atoms with Crippen LogP contribution in [0.25, 0.3) is 22.5 Å². The second kappa shape index (κ2) is 12.0. The number of ether oxygens (including phenoxy) is 1. The van der Waals surface area contributed by atoms with Crippen LogP contribution < -0.4 is 20.3 Å². The molecule has 1 saturated heterocycles. The quantitative estimate of drug-likeness (QED) is 0.342. The fraction of sp³-hybridized carbons (Fsp3) is 0.320. The van der Waals surface area contributed by atoms with Gasteiger partial charge in [-0.2, -0.15) is 0 Å². The second-order valence-corrected chi connectivity index (χ2v) is 9.13. The summed E-state index contributed by atoms with van der Waals surface area (Å²) >= 11 is -2.13. The maximum atomic E-state index is 11.8. The van der Waals surface area contributed by atoms with Crippen LogP contribution in [0.3, 0.4) is 0 Å². The molecule has 190 valence electrons. The zero-order valence-electron chi connectivity index (χ0n) is 20.2. The van der Waals surface area contributed by atoms with E-state index in [0.29, 0.717) is 43.6 Å². The Morgan fingerprint density at radius 1 is 1.17 bits per heavy atom.